The van der Waals surface area contributed by atoms with Gasteiger partial charge < -0.3 is 10.4 Å². The fraction of sp³-hybridized carbons (Fsp3) is 0.381. The monoisotopic (exact) mass is 400 g/mol. The van der Waals surface area contributed by atoms with Gasteiger partial charge in [-0.3, -0.25) is 4.99 Å². The molecular formula is C21H25BrN2O. The zero-order valence-corrected chi connectivity index (χ0v) is 16.2. The Morgan fingerprint density at radius 3 is 2.88 bits per heavy atom. The van der Waals surface area contributed by atoms with Crippen LogP contribution in [-0.2, 0) is 6.42 Å². The maximum Gasteiger partial charge on any atom is 0.0949 e. The van der Waals surface area contributed by atoms with Crippen LogP contribution < -0.4 is 5.32 Å². The van der Waals surface area contributed by atoms with Gasteiger partial charge in [0.25, 0.3) is 0 Å². The molecule has 2 N–H and O–H groups in total. The number of nitrogens with one attached hydrogen (secondary N) is 1. The first kappa shape index (κ1) is 18.3. The van der Waals surface area contributed by atoms with Crippen molar-refractivity contribution in [2.45, 2.75) is 38.3 Å². The van der Waals surface area contributed by atoms with Crippen molar-refractivity contribution in [1.29, 1.82) is 0 Å². The predicted octanol–water partition coefficient (Wildman–Crippen LogP) is 4.19. The molecule has 1 unspecified atom stereocenters. The molecule has 132 valence electrons. The third-order valence-corrected chi connectivity index (χ3v) is 5.40. The Balaban J connectivity index is 1.81. The van der Waals surface area contributed by atoms with E-state index in [-0.39, 0.29) is 12.0 Å². The SMILES string of the molecule is C=C1N=C(Cc2ccc(Br)cc2)C=C([C@@H](O)[C@H]2C=CCCCN2)C1C. The normalized spacial score (nSPS) is 25.2. The average Bonchev–Trinajstić information content (AvgIpc) is 2.89. The zero-order chi connectivity index (χ0) is 17.8. The summed E-state index contributed by atoms with van der Waals surface area (Å²) in [5.74, 6) is 0.0575. The van der Waals surface area contributed by atoms with Gasteiger partial charge in [0.05, 0.1) is 12.1 Å². The number of aliphatic imine (C=N–C) groups is 1. The van der Waals surface area contributed by atoms with Crippen LogP contribution in [0.1, 0.15) is 25.3 Å². The summed E-state index contributed by atoms with van der Waals surface area (Å²) in [5, 5.41) is 14.4. The fourth-order valence-electron chi connectivity index (χ4n) is 3.29. The smallest absolute Gasteiger partial charge is 0.0949 e. The van der Waals surface area contributed by atoms with E-state index < -0.39 is 6.10 Å². The molecule has 25 heavy (non-hydrogen) atoms. The van der Waals surface area contributed by atoms with Crippen LogP contribution in [0.3, 0.4) is 0 Å². The molecule has 1 aromatic rings. The number of dihydropyridines is 1. The molecule has 1 aromatic carbocycles. The van der Waals surface area contributed by atoms with Crippen molar-refractivity contribution in [2.75, 3.05) is 6.54 Å². The third kappa shape index (κ3) is 4.57. The summed E-state index contributed by atoms with van der Waals surface area (Å²) in [6.07, 6.45) is 8.67. The van der Waals surface area contributed by atoms with E-state index in [0.29, 0.717) is 0 Å². The van der Waals surface area contributed by atoms with Crippen LogP contribution in [0.15, 0.2) is 69.8 Å². The van der Waals surface area contributed by atoms with Crippen LogP contribution >= 0.6 is 15.9 Å². The molecule has 3 nitrogen and oxygen atoms in total. The highest BCUT2D eigenvalue weighted by molar-refractivity contribution is 9.10. The lowest BCUT2D eigenvalue weighted by Crippen LogP contribution is -2.41. The van der Waals surface area contributed by atoms with Crippen molar-refractivity contribution >= 4 is 21.6 Å². The number of hydrogen-bond acceptors (Lipinski definition) is 3. The van der Waals surface area contributed by atoms with Crippen molar-refractivity contribution in [3.8, 4) is 0 Å². The van der Waals surface area contributed by atoms with Gasteiger partial charge >= 0.3 is 0 Å². The van der Waals surface area contributed by atoms with Gasteiger partial charge in [-0.1, -0.05) is 53.7 Å². The minimum absolute atomic E-state index is 0.0453. The quantitative estimate of drug-likeness (QED) is 0.744. The van der Waals surface area contributed by atoms with E-state index in [2.05, 4.69) is 70.1 Å². The van der Waals surface area contributed by atoms with Crippen molar-refractivity contribution in [1.82, 2.24) is 5.32 Å². The number of halogens is 1. The average molecular weight is 401 g/mol. The number of aliphatic hydroxyl groups excluding tert-OH is 1. The van der Waals surface area contributed by atoms with E-state index in [9.17, 15) is 5.11 Å². The summed E-state index contributed by atoms with van der Waals surface area (Å²) < 4.78 is 1.07. The standard InChI is InChI=1S/C21H25BrN2O/c1-14-15(2)24-18(12-16-7-9-17(22)10-8-16)13-19(14)21(25)20-6-4-3-5-11-23-20/h4,6-10,13-14,20-21,23,25H,2-3,5,11-12H2,1H3/t14?,20-,21-/m1/s1. The maximum absolute atomic E-state index is 10.9. The van der Waals surface area contributed by atoms with E-state index in [4.69, 9.17) is 0 Å². The molecule has 0 saturated heterocycles. The number of benzene rings is 1. The van der Waals surface area contributed by atoms with Crippen LogP contribution in [0.25, 0.3) is 0 Å². The molecule has 2 aliphatic rings. The Kier molecular flexibility index (Phi) is 6.05. The van der Waals surface area contributed by atoms with Crippen molar-refractivity contribution in [2.24, 2.45) is 10.9 Å². The van der Waals surface area contributed by atoms with Crippen molar-refractivity contribution in [3.63, 3.8) is 0 Å². The molecule has 0 aliphatic carbocycles. The van der Waals surface area contributed by atoms with Crippen molar-refractivity contribution < 1.29 is 5.11 Å². The highest BCUT2D eigenvalue weighted by Gasteiger charge is 2.28. The van der Waals surface area contributed by atoms with Crippen molar-refractivity contribution in [3.05, 3.63) is 70.4 Å². The molecule has 3 atom stereocenters. The van der Waals surface area contributed by atoms with Crippen LogP contribution in [0, 0.1) is 5.92 Å². The Bertz CT molecular complexity index is 718. The van der Waals surface area contributed by atoms with E-state index in [1.165, 1.54) is 5.56 Å². The molecule has 0 fully saturated rings. The first-order valence-electron chi connectivity index (χ1n) is 8.85. The number of nitrogens with zero attached hydrogens (tertiary/aromatic N) is 1. The van der Waals surface area contributed by atoms with Gasteiger partial charge in [0.15, 0.2) is 0 Å². The zero-order valence-electron chi connectivity index (χ0n) is 14.6. The van der Waals surface area contributed by atoms with Gasteiger partial charge in [-0.05, 0) is 48.7 Å². The Morgan fingerprint density at radius 2 is 2.12 bits per heavy atom. The second kappa shape index (κ2) is 8.26. The van der Waals surface area contributed by atoms with Gasteiger partial charge in [0, 0.05) is 28.2 Å². The summed E-state index contributed by atoms with van der Waals surface area (Å²) >= 11 is 3.46. The van der Waals surface area contributed by atoms with E-state index in [1.54, 1.807) is 0 Å². The van der Waals surface area contributed by atoms with Gasteiger partial charge in [-0.2, -0.15) is 0 Å². The minimum atomic E-state index is -0.559. The minimum Gasteiger partial charge on any atom is -0.387 e. The first-order valence-corrected chi connectivity index (χ1v) is 9.64. The molecule has 2 aliphatic heterocycles. The number of hydrogen-bond donors (Lipinski definition) is 2. The molecule has 3 rings (SSSR count). The van der Waals surface area contributed by atoms with Gasteiger partial charge in [-0.15, -0.1) is 0 Å². The molecule has 0 saturated carbocycles. The van der Waals surface area contributed by atoms with E-state index in [1.807, 2.05) is 12.1 Å². The van der Waals surface area contributed by atoms with Gasteiger partial charge in [-0.25, -0.2) is 0 Å². The molecule has 0 bridgehead atoms. The van der Waals surface area contributed by atoms with Crippen LogP contribution in [0.4, 0.5) is 0 Å². The van der Waals surface area contributed by atoms with E-state index >= 15 is 0 Å². The number of allylic oxidation sites excluding steroid dienone is 3. The first-order chi connectivity index (χ1) is 12.0. The molecule has 4 heteroatoms. The molecule has 0 aromatic heterocycles. The Morgan fingerprint density at radius 1 is 1.36 bits per heavy atom. The fourth-order valence-corrected chi connectivity index (χ4v) is 3.55. The predicted molar refractivity (Wildman–Crippen MR) is 108 cm³/mol. The van der Waals surface area contributed by atoms with Gasteiger partial charge in [0.1, 0.15) is 0 Å². The second-order valence-electron chi connectivity index (χ2n) is 6.76. The summed E-state index contributed by atoms with van der Waals surface area (Å²) in [4.78, 5) is 4.66. The lowest BCUT2D eigenvalue weighted by atomic mass is 9.86. The van der Waals surface area contributed by atoms with Crippen LogP contribution in [0.5, 0.6) is 0 Å². The van der Waals surface area contributed by atoms with E-state index in [0.717, 1.165) is 47.3 Å². The summed E-state index contributed by atoms with van der Waals surface area (Å²) in [6, 6.07) is 8.21. The topological polar surface area (TPSA) is 44.6 Å². The molecule has 0 radical (unpaired) electrons. The lowest BCUT2D eigenvalue weighted by molar-refractivity contribution is 0.171. The highest BCUT2D eigenvalue weighted by Crippen LogP contribution is 2.29. The number of aliphatic hydroxyl groups is 1. The summed E-state index contributed by atoms with van der Waals surface area (Å²) in [5.41, 5.74) is 3.97. The number of rotatable bonds is 4. The van der Waals surface area contributed by atoms with Gasteiger partial charge in [0.2, 0.25) is 0 Å². The second-order valence-corrected chi connectivity index (χ2v) is 7.67. The largest absolute Gasteiger partial charge is 0.387 e. The molecule has 0 spiro atoms. The summed E-state index contributed by atoms with van der Waals surface area (Å²) in [7, 11) is 0. The highest BCUT2D eigenvalue weighted by atomic mass is 79.9. The van der Waals surface area contributed by atoms with Crippen LogP contribution in [0.2, 0.25) is 0 Å². The summed E-state index contributed by atoms with van der Waals surface area (Å²) in [6.45, 7) is 7.11. The Labute approximate surface area is 158 Å². The van der Waals surface area contributed by atoms with Crippen LogP contribution in [-0.4, -0.2) is 29.5 Å². The molecule has 0 amide bonds. The lowest BCUT2D eigenvalue weighted by Gasteiger charge is -2.29. The maximum atomic E-state index is 10.9. The Hall–Kier alpha value is -1.49. The molecule has 2 heterocycles. The third-order valence-electron chi connectivity index (χ3n) is 4.87. The molecular weight excluding hydrogens is 376 g/mol.